The molecule has 0 aromatic rings. The molecule has 0 saturated heterocycles. The fraction of sp³-hybridized carbons (Fsp3) is 1.00. The summed E-state index contributed by atoms with van der Waals surface area (Å²) >= 11 is 0. The standard InChI is InChI=1S/C15H30.C3H8.2C2H6/c1-4-7-8-14(6-3)15-11-9-13(5-2)10-12-15;1-3-2;2*1-2/h13-15H,4-12H2,1-3H3;3H2,1-2H3;2*1-2H3. The molecule has 1 aliphatic carbocycles. The van der Waals surface area contributed by atoms with Crippen LogP contribution in [0.2, 0.25) is 0 Å². The average molecular weight is 315 g/mol. The lowest BCUT2D eigenvalue weighted by Gasteiger charge is -2.33. The van der Waals surface area contributed by atoms with Crippen LogP contribution in [0.5, 0.6) is 0 Å². The summed E-state index contributed by atoms with van der Waals surface area (Å²) < 4.78 is 0. The third kappa shape index (κ3) is 14.9. The molecule has 0 radical (unpaired) electrons. The van der Waals surface area contributed by atoms with Gasteiger partial charge in [0, 0.05) is 0 Å². The second-order valence-corrected chi connectivity index (χ2v) is 6.21. The van der Waals surface area contributed by atoms with Crippen molar-refractivity contribution >= 4 is 0 Å². The molecule has 0 spiro atoms. The zero-order valence-corrected chi connectivity index (χ0v) is 17.8. The van der Waals surface area contributed by atoms with Crippen LogP contribution in [0.4, 0.5) is 0 Å². The van der Waals surface area contributed by atoms with Crippen molar-refractivity contribution in [3.8, 4) is 0 Å². The van der Waals surface area contributed by atoms with E-state index >= 15 is 0 Å². The minimum absolute atomic E-state index is 1.04. The first-order chi connectivity index (χ1) is 10.7. The molecule has 0 amide bonds. The number of hydrogen-bond acceptors (Lipinski definition) is 0. The van der Waals surface area contributed by atoms with E-state index in [-0.39, 0.29) is 0 Å². The van der Waals surface area contributed by atoms with Crippen LogP contribution in [-0.4, -0.2) is 0 Å². The molecule has 1 rings (SSSR count). The van der Waals surface area contributed by atoms with Crippen molar-refractivity contribution in [3.63, 3.8) is 0 Å². The highest BCUT2D eigenvalue weighted by Gasteiger charge is 2.25. The first-order valence-corrected chi connectivity index (χ1v) is 10.7. The zero-order valence-electron chi connectivity index (χ0n) is 17.8. The van der Waals surface area contributed by atoms with E-state index in [0.29, 0.717) is 0 Å². The molecule has 1 saturated carbocycles. The van der Waals surface area contributed by atoms with E-state index in [1.807, 2.05) is 27.7 Å². The van der Waals surface area contributed by atoms with Crippen LogP contribution < -0.4 is 0 Å². The van der Waals surface area contributed by atoms with Crippen molar-refractivity contribution < 1.29 is 0 Å². The Kier molecular flexibility index (Phi) is 28.4. The van der Waals surface area contributed by atoms with Crippen LogP contribution in [0, 0.1) is 17.8 Å². The molecular formula is C22H50. The van der Waals surface area contributed by atoms with Gasteiger partial charge >= 0.3 is 0 Å². The van der Waals surface area contributed by atoms with Gasteiger partial charge in [-0.1, -0.05) is 114 Å². The predicted molar refractivity (Wildman–Crippen MR) is 108 cm³/mol. The number of hydrogen-bond donors (Lipinski definition) is 0. The second kappa shape index (κ2) is 23.3. The van der Waals surface area contributed by atoms with Gasteiger partial charge in [-0.15, -0.1) is 0 Å². The minimum Gasteiger partial charge on any atom is -0.0683 e. The fourth-order valence-corrected chi connectivity index (χ4v) is 3.31. The predicted octanol–water partition coefficient (Wildman–Crippen LogP) is 8.89. The molecule has 0 N–H and O–H groups in total. The van der Waals surface area contributed by atoms with Gasteiger partial charge in [0.25, 0.3) is 0 Å². The van der Waals surface area contributed by atoms with E-state index in [0.717, 1.165) is 17.8 Å². The minimum atomic E-state index is 1.04. The van der Waals surface area contributed by atoms with Gasteiger partial charge in [-0.2, -0.15) is 0 Å². The molecule has 0 aliphatic heterocycles. The Hall–Kier alpha value is 0. The van der Waals surface area contributed by atoms with Crippen LogP contribution in [0.15, 0.2) is 0 Å². The molecule has 0 aromatic carbocycles. The quantitative estimate of drug-likeness (QED) is 0.459. The van der Waals surface area contributed by atoms with Gasteiger partial charge in [-0.25, -0.2) is 0 Å². The summed E-state index contributed by atoms with van der Waals surface area (Å²) in [7, 11) is 0. The lowest BCUT2D eigenvalue weighted by Crippen LogP contribution is -2.21. The molecule has 1 atom stereocenters. The topological polar surface area (TPSA) is 0 Å². The maximum absolute atomic E-state index is 2.40. The number of rotatable bonds is 6. The molecule has 1 fully saturated rings. The van der Waals surface area contributed by atoms with Crippen LogP contribution in [0.3, 0.4) is 0 Å². The smallest absolute Gasteiger partial charge is 0.0386 e. The van der Waals surface area contributed by atoms with Gasteiger partial charge in [-0.05, 0) is 30.6 Å². The molecule has 0 bridgehead atoms. The zero-order chi connectivity index (χ0) is 17.8. The van der Waals surface area contributed by atoms with Crippen molar-refractivity contribution in [2.45, 2.75) is 127 Å². The third-order valence-corrected chi connectivity index (χ3v) is 4.59. The fourth-order valence-electron chi connectivity index (χ4n) is 3.31. The van der Waals surface area contributed by atoms with Crippen LogP contribution in [0.1, 0.15) is 127 Å². The molecule has 0 nitrogen and oxygen atoms in total. The summed E-state index contributed by atoms with van der Waals surface area (Å²) in [6.07, 6.45) is 14.5. The maximum Gasteiger partial charge on any atom is -0.0386 e. The van der Waals surface area contributed by atoms with Crippen molar-refractivity contribution in [1.29, 1.82) is 0 Å². The van der Waals surface area contributed by atoms with Gasteiger partial charge in [0.15, 0.2) is 0 Å². The lowest BCUT2D eigenvalue weighted by atomic mass is 9.73. The van der Waals surface area contributed by atoms with Crippen LogP contribution in [0.25, 0.3) is 0 Å². The van der Waals surface area contributed by atoms with Crippen LogP contribution >= 0.6 is 0 Å². The van der Waals surface area contributed by atoms with Crippen LogP contribution in [-0.2, 0) is 0 Å². The molecule has 0 heterocycles. The summed E-state index contributed by atoms with van der Waals surface area (Å²) in [6.45, 7) is 19.3. The SMILES string of the molecule is CC.CC.CCC.CCCCC(CC)C1CCC(CC)CC1. The highest BCUT2D eigenvalue weighted by Crippen LogP contribution is 2.37. The first kappa shape index (κ1) is 26.9. The molecular weight excluding hydrogens is 264 g/mol. The van der Waals surface area contributed by atoms with E-state index in [4.69, 9.17) is 0 Å². The van der Waals surface area contributed by atoms with E-state index in [1.165, 1.54) is 64.2 Å². The largest absolute Gasteiger partial charge is 0.0683 e. The highest BCUT2D eigenvalue weighted by atomic mass is 14.3. The molecule has 0 aromatic heterocycles. The van der Waals surface area contributed by atoms with E-state index in [1.54, 1.807) is 0 Å². The highest BCUT2D eigenvalue weighted by molar-refractivity contribution is 4.76. The Morgan fingerprint density at radius 1 is 0.773 bits per heavy atom. The molecule has 22 heavy (non-hydrogen) atoms. The second-order valence-electron chi connectivity index (χ2n) is 6.21. The Morgan fingerprint density at radius 3 is 1.55 bits per heavy atom. The average Bonchev–Trinajstić information content (AvgIpc) is 2.60. The lowest BCUT2D eigenvalue weighted by molar-refractivity contribution is 0.186. The maximum atomic E-state index is 2.40. The van der Waals surface area contributed by atoms with Gasteiger partial charge < -0.3 is 0 Å². The van der Waals surface area contributed by atoms with Crippen molar-refractivity contribution in [2.24, 2.45) is 17.8 Å². The Labute approximate surface area is 144 Å². The first-order valence-electron chi connectivity index (χ1n) is 10.7. The summed E-state index contributed by atoms with van der Waals surface area (Å²) in [4.78, 5) is 0. The Morgan fingerprint density at radius 2 is 1.23 bits per heavy atom. The summed E-state index contributed by atoms with van der Waals surface area (Å²) in [5, 5.41) is 0. The van der Waals surface area contributed by atoms with Gasteiger partial charge in [0.05, 0.1) is 0 Å². The van der Waals surface area contributed by atoms with Gasteiger partial charge in [0.2, 0.25) is 0 Å². The third-order valence-electron chi connectivity index (χ3n) is 4.59. The van der Waals surface area contributed by atoms with Gasteiger partial charge in [-0.3, -0.25) is 0 Å². The molecule has 0 heteroatoms. The van der Waals surface area contributed by atoms with Crippen molar-refractivity contribution in [3.05, 3.63) is 0 Å². The van der Waals surface area contributed by atoms with Crippen molar-refractivity contribution in [2.75, 3.05) is 0 Å². The van der Waals surface area contributed by atoms with Crippen molar-refractivity contribution in [1.82, 2.24) is 0 Å². The summed E-state index contributed by atoms with van der Waals surface area (Å²) in [5.74, 6) is 3.18. The van der Waals surface area contributed by atoms with E-state index < -0.39 is 0 Å². The molecule has 138 valence electrons. The summed E-state index contributed by atoms with van der Waals surface area (Å²) in [6, 6.07) is 0. The van der Waals surface area contributed by atoms with E-state index in [9.17, 15) is 0 Å². The molecule has 1 unspecified atom stereocenters. The Balaban J connectivity index is -0.000000446. The van der Waals surface area contributed by atoms with Gasteiger partial charge in [0.1, 0.15) is 0 Å². The molecule has 1 aliphatic rings. The number of unbranched alkanes of at least 4 members (excludes halogenated alkanes) is 1. The monoisotopic (exact) mass is 314 g/mol. The van der Waals surface area contributed by atoms with E-state index in [2.05, 4.69) is 34.6 Å². The summed E-state index contributed by atoms with van der Waals surface area (Å²) in [5.41, 5.74) is 0. The normalized spacial score (nSPS) is 21.1. The Bertz CT molecular complexity index is 153.